The maximum atomic E-state index is 13.0. The predicted octanol–water partition coefficient (Wildman–Crippen LogP) is 1.54. The Hall–Kier alpha value is -2.28. The van der Waals surface area contributed by atoms with Gasteiger partial charge in [-0.05, 0) is 18.6 Å². The van der Waals surface area contributed by atoms with Crippen LogP contribution in [0.3, 0.4) is 0 Å². The van der Waals surface area contributed by atoms with Crippen LogP contribution in [0.4, 0.5) is 21.8 Å². The van der Waals surface area contributed by atoms with Gasteiger partial charge >= 0.3 is 0 Å². The molecule has 22 heavy (non-hydrogen) atoms. The summed E-state index contributed by atoms with van der Waals surface area (Å²) in [5.74, 6) is 1.15. The third kappa shape index (κ3) is 2.37. The van der Waals surface area contributed by atoms with E-state index in [2.05, 4.69) is 19.8 Å². The lowest BCUT2D eigenvalue weighted by atomic mass is 10.3. The second kappa shape index (κ2) is 5.49. The number of hydrogen-bond acceptors (Lipinski definition) is 6. The zero-order valence-corrected chi connectivity index (χ0v) is 12.1. The molecule has 0 aromatic carbocycles. The number of nitrogens with zero attached hydrogens (tertiary/aromatic N) is 5. The van der Waals surface area contributed by atoms with E-state index in [0.29, 0.717) is 13.2 Å². The van der Waals surface area contributed by atoms with Crippen LogP contribution in [0.5, 0.6) is 0 Å². The van der Waals surface area contributed by atoms with E-state index in [9.17, 15) is 4.39 Å². The minimum atomic E-state index is -0.472. The number of morpholine rings is 1. The van der Waals surface area contributed by atoms with Crippen LogP contribution in [0.1, 0.15) is 5.56 Å². The Morgan fingerprint density at radius 3 is 2.68 bits per heavy atom. The summed E-state index contributed by atoms with van der Waals surface area (Å²) in [6.45, 7) is 3.82. The molecule has 0 radical (unpaired) electrons. The number of rotatable bonds is 2. The van der Waals surface area contributed by atoms with E-state index in [-0.39, 0.29) is 0 Å². The molecule has 2 aromatic heterocycles. The van der Waals surface area contributed by atoms with E-state index in [1.54, 1.807) is 12.3 Å². The van der Waals surface area contributed by atoms with E-state index in [0.717, 1.165) is 49.1 Å². The van der Waals surface area contributed by atoms with E-state index < -0.39 is 5.95 Å². The fraction of sp³-hybridized carbons (Fsp3) is 0.400. The lowest BCUT2D eigenvalue weighted by Gasteiger charge is -2.27. The van der Waals surface area contributed by atoms with Crippen molar-refractivity contribution in [1.82, 2.24) is 15.0 Å². The molecule has 7 heteroatoms. The van der Waals surface area contributed by atoms with Crippen molar-refractivity contribution in [1.29, 1.82) is 0 Å². The number of pyridine rings is 1. The summed E-state index contributed by atoms with van der Waals surface area (Å²) in [6.07, 6.45) is 4.32. The standard InChI is InChI=1S/C15H16FN5O/c16-13-2-1-12(10-17-13)21-4-3-11-9-18-15(19-14(11)21)20-5-7-22-8-6-20/h1-2,9-10H,3-8H2. The number of hydrogen-bond donors (Lipinski definition) is 0. The summed E-state index contributed by atoms with van der Waals surface area (Å²) in [6, 6.07) is 3.10. The van der Waals surface area contributed by atoms with Crippen molar-refractivity contribution >= 4 is 17.5 Å². The summed E-state index contributed by atoms with van der Waals surface area (Å²) in [5, 5.41) is 0. The highest BCUT2D eigenvalue weighted by Gasteiger charge is 2.25. The molecule has 2 aliphatic heterocycles. The fourth-order valence-corrected chi connectivity index (χ4v) is 2.83. The SMILES string of the molecule is Fc1ccc(N2CCc3cnc(N4CCOCC4)nc32)cn1. The number of anilines is 3. The molecule has 0 spiro atoms. The van der Waals surface area contributed by atoms with Crippen molar-refractivity contribution < 1.29 is 9.13 Å². The molecule has 0 unspecified atom stereocenters. The monoisotopic (exact) mass is 301 g/mol. The average molecular weight is 301 g/mol. The highest BCUT2D eigenvalue weighted by Crippen LogP contribution is 2.33. The number of halogens is 1. The van der Waals surface area contributed by atoms with Gasteiger partial charge in [-0.1, -0.05) is 0 Å². The molecule has 4 rings (SSSR count). The summed E-state index contributed by atoms with van der Waals surface area (Å²) in [7, 11) is 0. The number of aromatic nitrogens is 3. The Morgan fingerprint density at radius 1 is 1.05 bits per heavy atom. The first-order chi connectivity index (χ1) is 10.8. The molecule has 6 nitrogen and oxygen atoms in total. The first-order valence-corrected chi connectivity index (χ1v) is 7.39. The average Bonchev–Trinajstić information content (AvgIpc) is 2.99. The Kier molecular flexibility index (Phi) is 3.34. The highest BCUT2D eigenvalue weighted by molar-refractivity contribution is 5.66. The Bertz CT molecular complexity index is 672. The van der Waals surface area contributed by atoms with E-state index >= 15 is 0 Å². The molecular formula is C15H16FN5O. The van der Waals surface area contributed by atoms with E-state index in [1.807, 2.05) is 6.20 Å². The third-order valence-corrected chi connectivity index (χ3v) is 4.01. The second-order valence-electron chi connectivity index (χ2n) is 5.36. The maximum absolute atomic E-state index is 13.0. The molecule has 0 saturated carbocycles. The minimum Gasteiger partial charge on any atom is -0.378 e. The van der Waals surface area contributed by atoms with Crippen LogP contribution in [-0.2, 0) is 11.2 Å². The molecule has 0 bridgehead atoms. The van der Waals surface area contributed by atoms with Gasteiger partial charge in [0.2, 0.25) is 11.9 Å². The molecule has 4 heterocycles. The Balaban J connectivity index is 1.66. The second-order valence-corrected chi connectivity index (χ2v) is 5.36. The topological polar surface area (TPSA) is 54.4 Å². The van der Waals surface area contributed by atoms with Gasteiger partial charge in [-0.15, -0.1) is 0 Å². The lowest BCUT2D eigenvalue weighted by molar-refractivity contribution is 0.122. The van der Waals surface area contributed by atoms with Crippen molar-refractivity contribution in [3.05, 3.63) is 36.0 Å². The molecule has 1 saturated heterocycles. The first kappa shape index (κ1) is 13.4. The highest BCUT2D eigenvalue weighted by atomic mass is 19.1. The maximum Gasteiger partial charge on any atom is 0.227 e. The van der Waals surface area contributed by atoms with Crippen LogP contribution in [-0.4, -0.2) is 47.8 Å². The van der Waals surface area contributed by atoms with Gasteiger partial charge in [0, 0.05) is 31.4 Å². The molecule has 1 fully saturated rings. The Morgan fingerprint density at radius 2 is 1.91 bits per heavy atom. The van der Waals surface area contributed by atoms with Gasteiger partial charge in [0.15, 0.2) is 0 Å². The summed E-state index contributed by atoms with van der Waals surface area (Å²) in [4.78, 5) is 17.1. The first-order valence-electron chi connectivity index (χ1n) is 7.39. The van der Waals surface area contributed by atoms with Crippen LogP contribution in [0.15, 0.2) is 24.5 Å². The van der Waals surface area contributed by atoms with Crippen molar-refractivity contribution in [2.75, 3.05) is 42.6 Å². The van der Waals surface area contributed by atoms with Crippen LogP contribution in [0.25, 0.3) is 0 Å². The molecule has 114 valence electrons. The molecular weight excluding hydrogens is 285 g/mol. The fourth-order valence-electron chi connectivity index (χ4n) is 2.83. The zero-order chi connectivity index (χ0) is 14.9. The largest absolute Gasteiger partial charge is 0.378 e. The van der Waals surface area contributed by atoms with Gasteiger partial charge < -0.3 is 14.5 Å². The van der Waals surface area contributed by atoms with Crippen molar-refractivity contribution in [3.8, 4) is 0 Å². The number of fused-ring (bicyclic) bond motifs is 1. The minimum absolute atomic E-state index is 0.472. The molecule has 0 amide bonds. The normalized spacial score (nSPS) is 17.7. The zero-order valence-electron chi connectivity index (χ0n) is 12.1. The summed E-state index contributed by atoms with van der Waals surface area (Å²) >= 11 is 0. The number of ether oxygens (including phenoxy) is 1. The smallest absolute Gasteiger partial charge is 0.227 e. The van der Waals surface area contributed by atoms with E-state index in [1.165, 1.54) is 6.07 Å². The van der Waals surface area contributed by atoms with Crippen LogP contribution in [0, 0.1) is 5.95 Å². The molecule has 0 atom stereocenters. The van der Waals surface area contributed by atoms with E-state index in [4.69, 9.17) is 9.72 Å². The van der Waals surface area contributed by atoms with Gasteiger partial charge in [0.1, 0.15) is 5.82 Å². The summed E-state index contributed by atoms with van der Waals surface area (Å²) < 4.78 is 18.4. The predicted molar refractivity (Wildman–Crippen MR) is 80.0 cm³/mol. The van der Waals surface area contributed by atoms with Crippen LogP contribution in [0.2, 0.25) is 0 Å². The lowest BCUT2D eigenvalue weighted by Crippen LogP contribution is -2.37. The van der Waals surface area contributed by atoms with Gasteiger partial charge in [-0.25, -0.2) is 9.97 Å². The van der Waals surface area contributed by atoms with Crippen LogP contribution >= 0.6 is 0 Å². The van der Waals surface area contributed by atoms with Gasteiger partial charge in [0.05, 0.1) is 25.1 Å². The molecule has 2 aromatic rings. The Labute approximate surface area is 127 Å². The van der Waals surface area contributed by atoms with Gasteiger partial charge in [0.25, 0.3) is 0 Å². The third-order valence-electron chi connectivity index (χ3n) is 4.01. The van der Waals surface area contributed by atoms with Crippen molar-refractivity contribution in [3.63, 3.8) is 0 Å². The van der Waals surface area contributed by atoms with Gasteiger partial charge in [-0.3, -0.25) is 0 Å². The molecule has 2 aliphatic rings. The van der Waals surface area contributed by atoms with Crippen molar-refractivity contribution in [2.45, 2.75) is 6.42 Å². The quantitative estimate of drug-likeness (QED) is 0.784. The van der Waals surface area contributed by atoms with Crippen molar-refractivity contribution in [2.24, 2.45) is 0 Å². The van der Waals surface area contributed by atoms with Gasteiger partial charge in [-0.2, -0.15) is 9.37 Å². The summed E-state index contributed by atoms with van der Waals surface area (Å²) in [5.41, 5.74) is 1.97. The molecule has 0 N–H and O–H groups in total. The molecule has 0 aliphatic carbocycles. The van der Waals surface area contributed by atoms with Crippen LogP contribution < -0.4 is 9.80 Å².